The molecule has 9 heteroatoms. The maximum absolute atomic E-state index is 11.7. The third-order valence-corrected chi connectivity index (χ3v) is 6.85. The van der Waals surface area contributed by atoms with E-state index in [-0.39, 0.29) is 19.1 Å². The maximum Gasteiger partial charge on any atom is 0.222 e. The van der Waals surface area contributed by atoms with Gasteiger partial charge in [-0.3, -0.25) is 9.20 Å². The van der Waals surface area contributed by atoms with Crippen LogP contribution in [0.2, 0.25) is 5.02 Å². The van der Waals surface area contributed by atoms with Gasteiger partial charge in [0.2, 0.25) is 5.91 Å². The van der Waals surface area contributed by atoms with Crippen molar-refractivity contribution in [3.05, 3.63) is 70.3 Å². The summed E-state index contributed by atoms with van der Waals surface area (Å²) in [4.78, 5) is 19.9. The summed E-state index contributed by atoms with van der Waals surface area (Å²) in [5, 5.41) is 9.88. The Labute approximate surface area is 201 Å². The van der Waals surface area contributed by atoms with Crippen LogP contribution in [-0.2, 0) is 11.2 Å². The third-order valence-electron chi connectivity index (χ3n) is 5.37. The molecule has 4 rings (SSSR count). The Morgan fingerprint density at radius 2 is 2.12 bits per heavy atom. The second kappa shape index (κ2) is 9.82. The molecule has 4 aromatic rings. The van der Waals surface area contributed by atoms with Crippen molar-refractivity contribution in [1.29, 1.82) is 0 Å². The molecule has 0 bridgehead atoms. The van der Waals surface area contributed by atoms with Crippen molar-refractivity contribution in [1.82, 2.24) is 9.38 Å². The fraction of sp³-hybridized carbons (Fsp3) is 0.250. The molecule has 0 spiro atoms. The van der Waals surface area contributed by atoms with Gasteiger partial charge in [0.05, 0.1) is 40.4 Å². The molecular formula is C24H25ClN4O3S. The normalized spacial score (nSPS) is 12.1. The Kier molecular flexibility index (Phi) is 6.88. The summed E-state index contributed by atoms with van der Waals surface area (Å²) in [5.41, 5.74) is 8.99. The van der Waals surface area contributed by atoms with Gasteiger partial charge < -0.3 is 20.5 Å². The molecule has 1 amide bonds. The number of rotatable bonds is 9. The number of fused-ring (bicyclic) bond motifs is 1. The van der Waals surface area contributed by atoms with Gasteiger partial charge in [0, 0.05) is 36.4 Å². The number of benzene rings is 1. The van der Waals surface area contributed by atoms with Crippen LogP contribution in [0.3, 0.4) is 0 Å². The highest BCUT2D eigenvalue weighted by atomic mass is 35.5. The molecule has 0 radical (unpaired) electrons. The molecule has 3 heterocycles. The summed E-state index contributed by atoms with van der Waals surface area (Å²) in [6.07, 6.45) is 3.55. The van der Waals surface area contributed by atoms with E-state index in [4.69, 9.17) is 22.1 Å². The number of aromatic nitrogens is 2. The average Bonchev–Trinajstić information content (AvgIpc) is 3.37. The van der Waals surface area contributed by atoms with Gasteiger partial charge in [-0.25, -0.2) is 4.98 Å². The number of thiophene rings is 1. The zero-order chi connectivity index (χ0) is 23.5. The number of likely N-dealkylation sites (N-methyl/N-ethyl adjacent to an activating group) is 1. The first-order chi connectivity index (χ1) is 15.9. The van der Waals surface area contributed by atoms with Gasteiger partial charge in [-0.1, -0.05) is 29.8 Å². The minimum Gasteiger partial charge on any atom is -0.485 e. The predicted octanol–water partition coefficient (Wildman–Crippen LogP) is 4.31. The quantitative estimate of drug-likeness (QED) is 0.369. The Bertz CT molecular complexity index is 1290. The number of halogens is 1. The number of hydrogen-bond acceptors (Lipinski definition) is 6. The first-order valence-corrected chi connectivity index (χ1v) is 11.7. The van der Waals surface area contributed by atoms with Crippen LogP contribution in [-0.4, -0.2) is 40.6 Å². The van der Waals surface area contributed by atoms with E-state index >= 15 is 0 Å². The second-order valence-corrected chi connectivity index (χ2v) is 9.27. The number of hydrogen-bond donors (Lipinski definition) is 2. The molecule has 0 aliphatic heterocycles. The fourth-order valence-electron chi connectivity index (χ4n) is 3.63. The summed E-state index contributed by atoms with van der Waals surface area (Å²) in [5.74, 6) is 0.175. The standard InChI is InChI=1S/C24H25ClN4O3S/c1-15(17-5-3-4-6-18(17)25)32-20-11-21(33-22(20)12-23(26)31)19-13-27-24-8-7-16(14-29(19)24)28(2)9-10-30/h3-8,11,13-15,30H,9-10,12H2,1-2H3,(H2,26,31). The minimum atomic E-state index is -0.426. The molecule has 0 aliphatic rings. The van der Waals surface area contributed by atoms with Crippen molar-refractivity contribution in [3.8, 4) is 16.3 Å². The van der Waals surface area contributed by atoms with Gasteiger partial charge in [0.25, 0.3) is 0 Å². The number of carbonyl (C=O) groups is 1. The van der Waals surface area contributed by atoms with E-state index in [1.807, 2.05) is 71.9 Å². The smallest absolute Gasteiger partial charge is 0.222 e. The number of nitrogens with zero attached hydrogens (tertiary/aromatic N) is 3. The highest BCUT2D eigenvalue weighted by Gasteiger charge is 2.20. The number of aliphatic hydroxyl groups is 1. The monoisotopic (exact) mass is 484 g/mol. The van der Waals surface area contributed by atoms with Crippen molar-refractivity contribution < 1.29 is 14.6 Å². The Morgan fingerprint density at radius 1 is 1.33 bits per heavy atom. The molecule has 0 aliphatic carbocycles. The summed E-state index contributed by atoms with van der Waals surface area (Å²) >= 11 is 7.79. The molecule has 1 atom stereocenters. The molecule has 1 unspecified atom stereocenters. The largest absolute Gasteiger partial charge is 0.485 e. The van der Waals surface area contributed by atoms with Crippen molar-refractivity contribution >= 4 is 40.2 Å². The number of anilines is 1. The van der Waals surface area contributed by atoms with Crippen molar-refractivity contribution in [2.24, 2.45) is 5.73 Å². The van der Waals surface area contributed by atoms with Gasteiger partial charge in [-0.15, -0.1) is 11.3 Å². The average molecular weight is 485 g/mol. The maximum atomic E-state index is 11.7. The van der Waals surface area contributed by atoms with E-state index in [1.54, 1.807) is 6.20 Å². The highest BCUT2D eigenvalue weighted by Crippen LogP contribution is 2.39. The zero-order valence-electron chi connectivity index (χ0n) is 18.4. The predicted molar refractivity (Wildman–Crippen MR) is 132 cm³/mol. The van der Waals surface area contributed by atoms with Crippen LogP contribution in [0.1, 0.15) is 23.5 Å². The van der Waals surface area contributed by atoms with Crippen LogP contribution in [0.15, 0.2) is 54.9 Å². The number of primary amides is 1. The SMILES string of the molecule is CC(Oc1cc(-c2cnc3ccc(N(C)CCO)cn23)sc1CC(N)=O)c1ccccc1Cl. The lowest BCUT2D eigenvalue weighted by Gasteiger charge is -2.18. The minimum absolute atomic E-state index is 0.0665. The van der Waals surface area contributed by atoms with Crippen molar-refractivity contribution in [3.63, 3.8) is 0 Å². The lowest BCUT2D eigenvalue weighted by atomic mass is 10.1. The zero-order valence-corrected chi connectivity index (χ0v) is 19.9. The summed E-state index contributed by atoms with van der Waals surface area (Å²) in [6.45, 7) is 2.51. The Balaban J connectivity index is 1.72. The number of amides is 1. The Morgan fingerprint density at radius 3 is 2.85 bits per heavy atom. The van der Waals surface area contributed by atoms with Crippen molar-refractivity contribution in [2.75, 3.05) is 25.1 Å². The van der Waals surface area contributed by atoms with Gasteiger partial charge in [0.15, 0.2) is 0 Å². The molecule has 33 heavy (non-hydrogen) atoms. The van der Waals surface area contributed by atoms with Crippen LogP contribution in [0, 0.1) is 0 Å². The highest BCUT2D eigenvalue weighted by molar-refractivity contribution is 7.15. The summed E-state index contributed by atoms with van der Waals surface area (Å²) < 4.78 is 8.24. The first-order valence-electron chi connectivity index (χ1n) is 10.5. The van der Waals surface area contributed by atoms with Crippen LogP contribution in [0.25, 0.3) is 16.2 Å². The van der Waals surface area contributed by atoms with Crippen LogP contribution < -0.4 is 15.4 Å². The Hall–Kier alpha value is -3.07. The summed E-state index contributed by atoms with van der Waals surface area (Å²) in [6, 6.07) is 13.3. The van der Waals surface area contributed by atoms with Crippen LogP contribution in [0.5, 0.6) is 5.75 Å². The molecule has 7 nitrogen and oxygen atoms in total. The number of nitrogens with two attached hydrogens (primary N) is 1. The van der Waals surface area contributed by atoms with Gasteiger partial charge >= 0.3 is 0 Å². The lowest BCUT2D eigenvalue weighted by Crippen LogP contribution is -2.21. The second-order valence-electron chi connectivity index (χ2n) is 7.73. The van der Waals surface area contributed by atoms with Crippen LogP contribution >= 0.6 is 22.9 Å². The topological polar surface area (TPSA) is 93.1 Å². The lowest BCUT2D eigenvalue weighted by molar-refractivity contribution is -0.117. The molecule has 1 aromatic carbocycles. The third kappa shape index (κ3) is 4.98. The van der Waals surface area contributed by atoms with Gasteiger partial charge in [-0.05, 0) is 25.1 Å². The molecule has 0 saturated carbocycles. The molecule has 3 N–H and O–H groups in total. The number of aliphatic hydroxyl groups excluding tert-OH is 1. The molecular weight excluding hydrogens is 460 g/mol. The first kappa shape index (κ1) is 23.1. The molecule has 0 fully saturated rings. The van der Waals surface area contributed by atoms with Gasteiger partial charge in [-0.2, -0.15) is 0 Å². The number of pyridine rings is 1. The van der Waals surface area contributed by atoms with Gasteiger partial charge in [0.1, 0.15) is 17.5 Å². The molecule has 0 saturated heterocycles. The fourth-order valence-corrected chi connectivity index (χ4v) is 5.03. The van der Waals surface area contributed by atoms with E-state index < -0.39 is 5.91 Å². The van der Waals surface area contributed by atoms with E-state index in [1.165, 1.54) is 11.3 Å². The molecule has 172 valence electrons. The number of ether oxygens (including phenoxy) is 1. The van der Waals surface area contributed by atoms with E-state index in [0.29, 0.717) is 17.3 Å². The van der Waals surface area contributed by atoms with E-state index in [2.05, 4.69) is 4.98 Å². The molecule has 3 aromatic heterocycles. The number of imidazole rings is 1. The summed E-state index contributed by atoms with van der Waals surface area (Å²) in [7, 11) is 1.92. The van der Waals surface area contributed by atoms with Crippen molar-refractivity contribution in [2.45, 2.75) is 19.4 Å². The number of carbonyl (C=O) groups excluding carboxylic acids is 1. The van der Waals surface area contributed by atoms with E-state index in [0.717, 1.165) is 32.3 Å². The van der Waals surface area contributed by atoms with E-state index in [9.17, 15) is 9.90 Å². The van der Waals surface area contributed by atoms with Crippen LogP contribution in [0.4, 0.5) is 5.69 Å².